The van der Waals surface area contributed by atoms with Gasteiger partial charge >= 0.3 is 0 Å². The third-order valence-corrected chi connectivity index (χ3v) is 6.56. The van der Waals surface area contributed by atoms with Gasteiger partial charge in [0.2, 0.25) is 0 Å². The summed E-state index contributed by atoms with van der Waals surface area (Å²) in [6, 6.07) is 7.65. The van der Waals surface area contributed by atoms with Gasteiger partial charge in [0, 0.05) is 44.1 Å². The summed E-state index contributed by atoms with van der Waals surface area (Å²) in [7, 11) is 3.92. The second kappa shape index (κ2) is 9.67. The Labute approximate surface area is 190 Å². The number of benzene rings is 1. The molecule has 0 unspecified atom stereocenters. The van der Waals surface area contributed by atoms with Crippen LogP contribution in [0.4, 0.5) is 5.69 Å². The van der Waals surface area contributed by atoms with Crippen molar-refractivity contribution in [3.63, 3.8) is 0 Å². The summed E-state index contributed by atoms with van der Waals surface area (Å²) in [6.07, 6.45) is 8.88. The van der Waals surface area contributed by atoms with E-state index >= 15 is 0 Å². The van der Waals surface area contributed by atoms with Crippen molar-refractivity contribution in [1.82, 2.24) is 20.2 Å². The van der Waals surface area contributed by atoms with E-state index in [1.165, 1.54) is 6.42 Å². The molecule has 0 radical (unpaired) electrons. The maximum atomic E-state index is 13.5. The molecule has 2 aliphatic rings. The van der Waals surface area contributed by atoms with Gasteiger partial charge in [0.25, 0.3) is 11.8 Å². The fourth-order valence-corrected chi connectivity index (χ4v) is 4.80. The number of anilines is 1. The molecule has 1 aromatic heterocycles. The van der Waals surface area contributed by atoms with Crippen LogP contribution in [0.1, 0.15) is 83.2 Å². The van der Waals surface area contributed by atoms with Crippen molar-refractivity contribution in [2.24, 2.45) is 0 Å². The van der Waals surface area contributed by atoms with Crippen LogP contribution in [0.2, 0.25) is 0 Å². The van der Waals surface area contributed by atoms with Gasteiger partial charge in [-0.05, 0) is 50.8 Å². The summed E-state index contributed by atoms with van der Waals surface area (Å²) >= 11 is 0. The highest BCUT2D eigenvalue weighted by atomic mass is 16.2. The number of amides is 2. The molecule has 2 fully saturated rings. The molecule has 1 N–H and O–H groups in total. The number of hydrogen-bond acceptors (Lipinski definition) is 5. The minimum Gasteiger partial charge on any atom is -0.378 e. The standard InChI is InChI=1S/C25H33N5O2/c1-17-26-16-21(24(31)28-19-10-5-4-6-11-19)23(27-17)22-13-8-14-30(22)25(32)18-9-7-12-20(15-18)29(2)3/h7,9,12,15-16,19,22H,4-6,8,10-11,13-14H2,1-3H3,(H,28,31)/t22-/m1/s1. The van der Waals surface area contributed by atoms with E-state index in [-0.39, 0.29) is 23.9 Å². The van der Waals surface area contributed by atoms with Gasteiger partial charge in [0.15, 0.2) is 0 Å². The van der Waals surface area contributed by atoms with Crippen LogP contribution in [0.5, 0.6) is 0 Å². The summed E-state index contributed by atoms with van der Waals surface area (Å²) in [5.74, 6) is 0.468. The molecule has 1 saturated carbocycles. The number of carbonyl (C=O) groups excluding carboxylic acids is 2. The van der Waals surface area contributed by atoms with E-state index < -0.39 is 0 Å². The number of likely N-dealkylation sites (tertiary alicyclic amines) is 1. The minimum atomic E-state index is -0.223. The molecule has 2 heterocycles. The van der Waals surface area contributed by atoms with Gasteiger partial charge in [-0.15, -0.1) is 0 Å². The monoisotopic (exact) mass is 435 g/mol. The van der Waals surface area contributed by atoms with Gasteiger partial charge in [-0.3, -0.25) is 9.59 Å². The van der Waals surface area contributed by atoms with Crippen molar-refractivity contribution in [1.29, 1.82) is 0 Å². The summed E-state index contributed by atoms with van der Waals surface area (Å²) < 4.78 is 0. The normalized spacial score (nSPS) is 19.1. The predicted octanol–water partition coefficient (Wildman–Crippen LogP) is 3.89. The lowest BCUT2D eigenvalue weighted by Crippen LogP contribution is -2.38. The number of hydrogen-bond donors (Lipinski definition) is 1. The molecule has 32 heavy (non-hydrogen) atoms. The van der Waals surface area contributed by atoms with Gasteiger partial charge in [0.1, 0.15) is 5.82 Å². The van der Waals surface area contributed by atoms with Crippen molar-refractivity contribution in [3.8, 4) is 0 Å². The molecular formula is C25H33N5O2. The molecule has 1 aromatic carbocycles. The second-order valence-corrected chi connectivity index (χ2v) is 9.13. The molecule has 1 aliphatic carbocycles. The summed E-state index contributed by atoms with van der Waals surface area (Å²) in [5, 5.41) is 3.19. The zero-order valence-electron chi connectivity index (χ0n) is 19.3. The van der Waals surface area contributed by atoms with E-state index in [1.807, 2.05) is 55.1 Å². The number of carbonyl (C=O) groups is 2. The van der Waals surface area contributed by atoms with E-state index in [2.05, 4.69) is 15.3 Å². The first kappa shape index (κ1) is 22.2. The van der Waals surface area contributed by atoms with Crippen molar-refractivity contribution in [2.45, 2.75) is 64.0 Å². The smallest absolute Gasteiger partial charge is 0.255 e. The second-order valence-electron chi connectivity index (χ2n) is 9.13. The van der Waals surface area contributed by atoms with Crippen LogP contribution in [-0.4, -0.2) is 53.4 Å². The first-order valence-corrected chi connectivity index (χ1v) is 11.7. The first-order valence-electron chi connectivity index (χ1n) is 11.7. The Morgan fingerprint density at radius 2 is 1.88 bits per heavy atom. The molecule has 7 heteroatoms. The summed E-state index contributed by atoms with van der Waals surface area (Å²) in [4.78, 5) is 39.4. The van der Waals surface area contributed by atoms with E-state index in [9.17, 15) is 9.59 Å². The molecule has 1 saturated heterocycles. The van der Waals surface area contributed by atoms with Gasteiger partial charge in [-0.2, -0.15) is 0 Å². The van der Waals surface area contributed by atoms with Gasteiger partial charge in [-0.25, -0.2) is 9.97 Å². The topological polar surface area (TPSA) is 78.4 Å². The number of nitrogens with zero attached hydrogens (tertiary/aromatic N) is 4. The first-order chi connectivity index (χ1) is 15.4. The maximum absolute atomic E-state index is 13.5. The Kier molecular flexibility index (Phi) is 6.72. The lowest BCUT2D eigenvalue weighted by molar-refractivity contribution is 0.0728. The summed E-state index contributed by atoms with van der Waals surface area (Å²) in [5.41, 5.74) is 2.80. The van der Waals surface area contributed by atoms with Crippen molar-refractivity contribution in [2.75, 3.05) is 25.5 Å². The van der Waals surface area contributed by atoms with Crippen LogP contribution in [0.3, 0.4) is 0 Å². The SMILES string of the molecule is Cc1ncc(C(=O)NC2CCCCC2)c([C@H]2CCCN2C(=O)c2cccc(N(C)C)c2)n1. The minimum absolute atomic E-state index is 0.0221. The number of rotatable bonds is 5. The van der Waals surface area contributed by atoms with E-state index in [0.717, 1.165) is 44.2 Å². The Morgan fingerprint density at radius 3 is 2.62 bits per heavy atom. The highest BCUT2D eigenvalue weighted by molar-refractivity contribution is 5.97. The molecule has 1 atom stereocenters. The molecule has 2 aromatic rings. The zero-order chi connectivity index (χ0) is 22.7. The van der Waals surface area contributed by atoms with Crippen LogP contribution in [-0.2, 0) is 0 Å². The third-order valence-electron chi connectivity index (χ3n) is 6.56. The van der Waals surface area contributed by atoms with Crippen LogP contribution in [0.15, 0.2) is 30.5 Å². The van der Waals surface area contributed by atoms with Crippen molar-refractivity contribution in [3.05, 3.63) is 53.1 Å². The lowest BCUT2D eigenvalue weighted by atomic mass is 9.95. The number of nitrogens with one attached hydrogen (secondary N) is 1. The lowest BCUT2D eigenvalue weighted by Gasteiger charge is -2.27. The Morgan fingerprint density at radius 1 is 1.09 bits per heavy atom. The fourth-order valence-electron chi connectivity index (χ4n) is 4.80. The predicted molar refractivity (Wildman–Crippen MR) is 125 cm³/mol. The molecule has 1 aliphatic heterocycles. The average Bonchev–Trinajstić information content (AvgIpc) is 3.29. The number of aromatic nitrogens is 2. The van der Waals surface area contributed by atoms with Gasteiger partial charge < -0.3 is 15.1 Å². The molecule has 7 nitrogen and oxygen atoms in total. The molecule has 4 rings (SSSR count). The molecule has 2 amide bonds. The zero-order valence-corrected chi connectivity index (χ0v) is 19.3. The van der Waals surface area contributed by atoms with Gasteiger partial charge in [-0.1, -0.05) is 25.3 Å². The molecule has 0 bridgehead atoms. The van der Waals surface area contributed by atoms with Crippen LogP contribution >= 0.6 is 0 Å². The molecule has 170 valence electrons. The van der Waals surface area contributed by atoms with E-state index in [0.29, 0.717) is 29.2 Å². The van der Waals surface area contributed by atoms with Crippen molar-refractivity contribution < 1.29 is 9.59 Å². The number of aryl methyl sites for hydroxylation is 1. The average molecular weight is 436 g/mol. The van der Waals surface area contributed by atoms with E-state index in [4.69, 9.17) is 0 Å². The van der Waals surface area contributed by atoms with Gasteiger partial charge in [0.05, 0.1) is 17.3 Å². The van der Waals surface area contributed by atoms with Crippen LogP contribution in [0, 0.1) is 6.92 Å². The Balaban J connectivity index is 1.60. The van der Waals surface area contributed by atoms with Crippen LogP contribution < -0.4 is 10.2 Å². The summed E-state index contributed by atoms with van der Waals surface area (Å²) in [6.45, 7) is 2.48. The maximum Gasteiger partial charge on any atom is 0.255 e. The Hall–Kier alpha value is -2.96. The fraction of sp³-hybridized carbons (Fsp3) is 0.520. The molecular weight excluding hydrogens is 402 g/mol. The van der Waals surface area contributed by atoms with Crippen LogP contribution in [0.25, 0.3) is 0 Å². The highest BCUT2D eigenvalue weighted by Gasteiger charge is 2.35. The van der Waals surface area contributed by atoms with E-state index in [1.54, 1.807) is 6.20 Å². The quantitative estimate of drug-likeness (QED) is 0.771. The van der Waals surface area contributed by atoms with Crippen molar-refractivity contribution >= 4 is 17.5 Å². The largest absolute Gasteiger partial charge is 0.378 e. The molecule has 0 spiro atoms. The Bertz CT molecular complexity index is 984. The highest BCUT2D eigenvalue weighted by Crippen LogP contribution is 2.34. The third kappa shape index (κ3) is 4.76.